The van der Waals surface area contributed by atoms with Crippen LogP contribution in [0.15, 0.2) is 18.2 Å². The fourth-order valence-corrected chi connectivity index (χ4v) is 2.06. The van der Waals surface area contributed by atoms with Crippen molar-refractivity contribution in [2.24, 2.45) is 7.05 Å². The van der Waals surface area contributed by atoms with Crippen molar-refractivity contribution in [3.8, 4) is 11.6 Å². The fraction of sp³-hybridized carbons (Fsp3) is 0.308. The summed E-state index contributed by atoms with van der Waals surface area (Å²) in [7, 11) is 3.64. The third-order valence-electron chi connectivity index (χ3n) is 2.74. The summed E-state index contributed by atoms with van der Waals surface area (Å²) >= 11 is 5.96. The zero-order valence-corrected chi connectivity index (χ0v) is 11.8. The van der Waals surface area contributed by atoms with Gasteiger partial charge in [0.15, 0.2) is 0 Å². The van der Waals surface area contributed by atoms with E-state index in [1.807, 2.05) is 14.0 Å². The molecule has 0 aliphatic carbocycles. The molecule has 1 aromatic heterocycles. The predicted octanol–water partition coefficient (Wildman–Crippen LogP) is 3.03. The SMILES string of the molecule is CNCc1c(C)nn(C)c1Oc1ccc(F)cc1Cl. The maximum atomic E-state index is 13.0. The van der Waals surface area contributed by atoms with Gasteiger partial charge in [-0.05, 0) is 32.2 Å². The van der Waals surface area contributed by atoms with E-state index in [-0.39, 0.29) is 5.02 Å². The largest absolute Gasteiger partial charge is 0.437 e. The zero-order chi connectivity index (χ0) is 14.0. The third-order valence-corrected chi connectivity index (χ3v) is 3.04. The van der Waals surface area contributed by atoms with Gasteiger partial charge in [-0.15, -0.1) is 0 Å². The number of hydrogen-bond donors (Lipinski definition) is 1. The number of halogens is 2. The van der Waals surface area contributed by atoms with Crippen molar-refractivity contribution in [1.29, 1.82) is 0 Å². The molecule has 1 heterocycles. The first-order valence-electron chi connectivity index (χ1n) is 5.83. The van der Waals surface area contributed by atoms with E-state index in [4.69, 9.17) is 16.3 Å². The molecule has 2 aromatic rings. The molecule has 0 saturated heterocycles. The van der Waals surface area contributed by atoms with Crippen LogP contribution < -0.4 is 10.1 Å². The first-order valence-corrected chi connectivity index (χ1v) is 6.20. The molecule has 0 unspecified atom stereocenters. The predicted molar refractivity (Wildman–Crippen MR) is 72.2 cm³/mol. The maximum absolute atomic E-state index is 13.0. The lowest BCUT2D eigenvalue weighted by atomic mass is 10.2. The van der Waals surface area contributed by atoms with E-state index in [9.17, 15) is 4.39 Å². The molecule has 0 bridgehead atoms. The summed E-state index contributed by atoms with van der Waals surface area (Å²) in [5, 5.41) is 7.60. The van der Waals surface area contributed by atoms with E-state index >= 15 is 0 Å². The van der Waals surface area contributed by atoms with Crippen LogP contribution in [0.1, 0.15) is 11.3 Å². The van der Waals surface area contributed by atoms with Gasteiger partial charge in [0.25, 0.3) is 0 Å². The van der Waals surface area contributed by atoms with Gasteiger partial charge in [-0.1, -0.05) is 11.6 Å². The zero-order valence-electron chi connectivity index (χ0n) is 11.0. The number of aromatic nitrogens is 2. The summed E-state index contributed by atoms with van der Waals surface area (Å²) in [5.41, 5.74) is 1.83. The first-order chi connectivity index (χ1) is 9.02. The van der Waals surface area contributed by atoms with Gasteiger partial charge in [0.1, 0.15) is 11.6 Å². The molecule has 1 N–H and O–H groups in total. The Kier molecular flexibility index (Phi) is 4.07. The Morgan fingerprint density at radius 3 is 2.84 bits per heavy atom. The molecule has 0 aliphatic heterocycles. The Bertz CT molecular complexity index is 598. The molecule has 0 atom stereocenters. The second kappa shape index (κ2) is 5.59. The number of hydrogen-bond acceptors (Lipinski definition) is 3. The van der Waals surface area contributed by atoms with E-state index in [1.54, 1.807) is 11.7 Å². The Balaban J connectivity index is 2.37. The van der Waals surface area contributed by atoms with Gasteiger partial charge >= 0.3 is 0 Å². The summed E-state index contributed by atoms with van der Waals surface area (Å²) < 4.78 is 20.4. The summed E-state index contributed by atoms with van der Waals surface area (Å²) in [5.74, 6) is 0.609. The molecule has 19 heavy (non-hydrogen) atoms. The maximum Gasteiger partial charge on any atom is 0.222 e. The van der Waals surface area contributed by atoms with E-state index in [2.05, 4.69) is 10.4 Å². The molecular formula is C13H15ClFN3O. The van der Waals surface area contributed by atoms with Crippen LogP contribution in [0, 0.1) is 12.7 Å². The quantitative estimate of drug-likeness (QED) is 0.937. The molecule has 6 heteroatoms. The van der Waals surface area contributed by atoms with Crippen molar-refractivity contribution in [2.75, 3.05) is 7.05 Å². The average molecular weight is 284 g/mol. The van der Waals surface area contributed by atoms with Crippen LogP contribution in [0.25, 0.3) is 0 Å². The minimum atomic E-state index is -0.394. The Morgan fingerprint density at radius 2 is 2.21 bits per heavy atom. The minimum Gasteiger partial charge on any atom is -0.437 e. The van der Waals surface area contributed by atoms with E-state index in [0.717, 1.165) is 11.3 Å². The van der Waals surface area contributed by atoms with Gasteiger partial charge < -0.3 is 10.1 Å². The second-order valence-corrected chi connectivity index (χ2v) is 4.61. The van der Waals surface area contributed by atoms with Crippen molar-refractivity contribution in [2.45, 2.75) is 13.5 Å². The van der Waals surface area contributed by atoms with Gasteiger partial charge in [-0.25, -0.2) is 9.07 Å². The lowest BCUT2D eigenvalue weighted by Crippen LogP contribution is -2.07. The molecule has 1 aromatic carbocycles. The van der Waals surface area contributed by atoms with Crippen LogP contribution in [-0.2, 0) is 13.6 Å². The van der Waals surface area contributed by atoms with Crippen LogP contribution in [0.5, 0.6) is 11.6 Å². The molecule has 0 amide bonds. The van der Waals surface area contributed by atoms with Gasteiger partial charge in [0.2, 0.25) is 5.88 Å². The summed E-state index contributed by atoms with van der Waals surface area (Å²) in [6.45, 7) is 2.54. The van der Waals surface area contributed by atoms with Crippen LogP contribution in [0.4, 0.5) is 4.39 Å². The van der Waals surface area contributed by atoms with E-state index < -0.39 is 5.82 Å². The molecule has 0 aliphatic rings. The first kappa shape index (κ1) is 13.8. The second-order valence-electron chi connectivity index (χ2n) is 4.20. The molecule has 4 nitrogen and oxygen atoms in total. The molecule has 0 spiro atoms. The summed E-state index contributed by atoms with van der Waals surface area (Å²) in [4.78, 5) is 0. The number of nitrogens with one attached hydrogen (secondary N) is 1. The monoisotopic (exact) mass is 283 g/mol. The highest BCUT2D eigenvalue weighted by Gasteiger charge is 2.16. The summed E-state index contributed by atoms with van der Waals surface area (Å²) in [6, 6.07) is 4.03. The molecule has 0 fully saturated rings. The number of rotatable bonds is 4. The van der Waals surface area contributed by atoms with Crippen molar-refractivity contribution < 1.29 is 9.13 Å². The summed E-state index contributed by atoms with van der Waals surface area (Å²) in [6.07, 6.45) is 0. The minimum absolute atomic E-state index is 0.231. The van der Waals surface area contributed by atoms with Crippen molar-refractivity contribution >= 4 is 11.6 Å². The average Bonchev–Trinajstić information content (AvgIpc) is 2.60. The highest BCUT2D eigenvalue weighted by Crippen LogP contribution is 2.32. The number of ether oxygens (including phenoxy) is 1. The highest BCUT2D eigenvalue weighted by molar-refractivity contribution is 6.32. The molecule has 2 rings (SSSR count). The van der Waals surface area contributed by atoms with Crippen molar-refractivity contribution in [3.05, 3.63) is 40.3 Å². The van der Waals surface area contributed by atoms with Gasteiger partial charge in [-0.2, -0.15) is 5.10 Å². The van der Waals surface area contributed by atoms with Gasteiger partial charge in [0.05, 0.1) is 16.3 Å². The lowest BCUT2D eigenvalue weighted by Gasteiger charge is -2.10. The molecule has 0 radical (unpaired) electrons. The standard InChI is InChI=1S/C13H15ClFN3O/c1-8-10(7-16-2)13(18(3)17-8)19-12-5-4-9(15)6-11(12)14/h4-6,16H,7H2,1-3H3. The number of benzene rings is 1. The van der Waals surface area contributed by atoms with Gasteiger partial charge in [0, 0.05) is 13.6 Å². The molecular weight excluding hydrogens is 269 g/mol. The highest BCUT2D eigenvalue weighted by atomic mass is 35.5. The topological polar surface area (TPSA) is 39.1 Å². The van der Waals surface area contributed by atoms with Crippen LogP contribution in [-0.4, -0.2) is 16.8 Å². The smallest absolute Gasteiger partial charge is 0.222 e. The third kappa shape index (κ3) is 2.88. The van der Waals surface area contributed by atoms with Crippen LogP contribution >= 0.6 is 11.6 Å². The van der Waals surface area contributed by atoms with Crippen LogP contribution in [0.2, 0.25) is 5.02 Å². The van der Waals surface area contributed by atoms with E-state index in [1.165, 1.54) is 18.2 Å². The molecule has 0 saturated carbocycles. The lowest BCUT2D eigenvalue weighted by molar-refractivity contribution is 0.424. The number of nitrogens with zero attached hydrogens (tertiary/aromatic N) is 2. The van der Waals surface area contributed by atoms with E-state index in [0.29, 0.717) is 18.2 Å². The van der Waals surface area contributed by atoms with Crippen molar-refractivity contribution in [3.63, 3.8) is 0 Å². The van der Waals surface area contributed by atoms with Crippen molar-refractivity contribution in [1.82, 2.24) is 15.1 Å². The van der Waals surface area contributed by atoms with Gasteiger partial charge in [-0.3, -0.25) is 0 Å². The normalized spacial score (nSPS) is 10.8. The Hall–Kier alpha value is -1.59. The molecule has 102 valence electrons. The fourth-order valence-electron chi connectivity index (χ4n) is 1.85. The Morgan fingerprint density at radius 1 is 1.47 bits per heavy atom. The van der Waals surface area contributed by atoms with Crippen LogP contribution in [0.3, 0.4) is 0 Å². The Labute approximate surface area is 116 Å². The number of aryl methyl sites for hydroxylation is 2.